The van der Waals surface area contributed by atoms with Crippen LogP contribution in [0.15, 0.2) is 60.7 Å². The van der Waals surface area contributed by atoms with Crippen molar-refractivity contribution in [3.8, 4) is 11.1 Å². The van der Waals surface area contributed by atoms with Crippen molar-refractivity contribution < 1.29 is 24.2 Å². The Hall–Kier alpha value is -3.26. The van der Waals surface area contributed by atoms with Crippen LogP contribution in [-0.2, 0) is 20.7 Å². The molecule has 1 saturated heterocycles. The maximum Gasteiger partial charge on any atom is 0.407 e. The van der Waals surface area contributed by atoms with Crippen LogP contribution in [0.1, 0.15) is 22.6 Å². The third kappa shape index (κ3) is 5.39. The van der Waals surface area contributed by atoms with Gasteiger partial charge in [-0.3, -0.25) is 0 Å². The molecule has 0 spiro atoms. The quantitative estimate of drug-likeness (QED) is 0.419. The smallest absolute Gasteiger partial charge is 0.407 e. The van der Waals surface area contributed by atoms with Crippen LogP contribution in [0.5, 0.6) is 0 Å². The number of fused-ring (bicyclic) bond motifs is 3. The first-order chi connectivity index (χ1) is 17.9. The number of aliphatic carboxylic acids is 1. The molecule has 0 bridgehead atoms. The average Bonchev–Trinajstić information content (AvgIpc) is 3.22. The van der Waals surface area contributed by atoms with Crippen LogP contribution in [0.4, 0.5) is 10.5 Å². The number of carboxylic acid groups (broad SMARTS) is 1. The summed E-state index contributed by atoms with van der Waals surface area (Å²) in [5.41, 5.74) is 5.67. The minimum atomic E-state index is -1.26. The highest BCUT2D eigenvalue weighted by Crippen LogP contribution is 2.44. The SMILES string of the molecule is O=C(NC(Cc1c(Cl)cc(N2CCOCC2)cc1Cl)C(=O)O)OCC1c2ccccc2-c2ccccc21. The minimum Gasteiger partial charge on any atom is -0.480 e. The zero-order chi connectivity index (χ0) is 25.9. The van der Waals surface area contributed by atoms with E-state index in [-0.39, 0.29) is 18.9 Å². The Bertz CT molecular complexity index is 1260. The lowest BCUT2D eigenvalue weighted by Crippen LogP contribution is -2.43. The van der Waals surface area contributed by atoms with E-state index >= 15 is 0 Å². The van der Waals surface area contributed by atoms with Gasteiger partial charge in [-0.1, -0.05) is 71.7 Å². The second-order valence-electron chi connectivity index (χ2n) is 9.05. The summed E-state index contributed by atoms with van der Waals surface area (Å²) in [5.74, 6) is -1.34. The van der Waals surface area contributed by atoms with Crippen LogP contribution in [0.2, 0.25) is 10.0 Å². The van der Waals surface area contributed by atoms with Crippen LogP contribution < -0.4 is 10.2 Å². The Labute approximate surface area is 224 Å². The standard InChI is InChI=1S/C28H26Cl2N2O5/c29-24-13-17(32-9-11-36-12-10-32)14-25(30)22(24)15-26(27(33)34)31-28(35)37-16-23-20-7-3-1-5-18(20)19-6-2-4-8-21(19)23/h1-8,13-14,23,26H,9-12,15-16H2,(H,31,35)(H,33,34). The Morgan fingerprint density at radius 1 is 1.00 bits per heavy atom. The summed E-state index contributed by atoms with van der Waals surface area (Å²) in [4.78, 5) is 26.8. The molecule has 2 N–H and O–H groups in total. The van der Waals surface area contributed by atoms with Crippen LogP contribution >= 0.6 is 23.2 Å². The molecule has 192 valence electrons. The molecule has 5 rings (SSSR count). The van der Waals surface area contributed by atoms with E-state index in [0.717, 1.165) is 27.9 Å². The van der Waals surface area contributed by atoms with E-state index < -0.39 is 18.1 Å². The van der Waals surface area contributed by atoms with Crippen LogP contribution in [0, 0.1) is 0 Å². The Kier molecular flexibility index (Phi) is 7.55. The number of anilines is 1. The molecule has 7 nitrogen and oxygen atoms in total. The van der Waals surface area contributed by atoms with Crippen molar-refractivity contribution >= 4 is 41.0 Å². The second-order valence-corrected chi connectivity index (χ2v) is 9.87. The Morgan fingerprint density at radius 3 is 2.14 bits per heavy atom. The first kappa shape index (κ1) is 25.4. The van der Waals surface area contributed by atoms with Crippen LogP contribution in [-0.4, -0.2) is 56.1 Å². The molecule has 0 radical (unpaired) electrons. The third-order valence-corrected chi connectivity index (χ3v) is 7.52. The maximum absolute atomic E-state index is 12.7. The molecule has 37 heavy (non-hydrogen) atoms. The van der Waals surface area contributed by atoms with Gasteiger partial charge in [0, 0.05) is 41.2 Å². The number of nitrogens with zero attached hydrogens (tertiary/aromatic N) is 1. The summed E-state index contributed by atoms with van der Waals surface area (Å²) >= 11 is 13.0. The predicted octanol–water partition coefficient (Wildman–Crippen LogP) is 5.36. The predicted molar refractivity (Wildman–Crippen MR) is 143 cm³/mol. The molecule has 0 aromatic heterocycles. The lowest BCUT2D eigenvalue weighted by molar-refractivity contribution is -0.139. The molecule has 0 saturated carbocycles. The van der Waals surface area contributed by atoms with Crippen LogP contribution in [0.25, 0.3) is 11.1 Å². The first-order valence-electron chi connectivity index (χ1n) is 12.1. The van der Waals surface area contributed by atoms with Gasteiger partial charge in [0.05, 0.1) is 13.2 Å². The van der Waals surface area contributed by atoms with E-state index in [9.17, 15) is 14.7 Å². The van der Waals surface area contributed by atoms with E-state index in [4.69, 9.17) is 32.7 Å². The number of hydrogen-bond acceptors (Lipinski definition) is 5. The maximum atomic E-state index is 12.7. The third-order valence-electron chi connectivity index (χ3n) is 6.84. The van der Waals surface area contributed by atoms with Gasteiger partial charge in [0.1, 0.15) is 12.6 Å². The summed E-state index contributed by atoms with van der Waals surface area (Å²) in [6.07, 6.45) is -0.896. The molecule has 1 amide bonds. The second kappa shape index (κ2) is 11.0. The molecule has 3 aromatic carbocycles. The van der Waals surface area contributed by atoms with Gasteiger partial charge in [0.15, 0.2) is 0 Å². The number of benzene rings is 3. The van der Waals surface area contributed by atoms with Crippen LogP contribution in [0.3, 0.4) is 0 Å². The Morgan fingerprint density at radius 2 is 1.57 bits per heavy atom. The van der Waals surface area contributed by atoms with E-state index in [1.54, 1.807) is 12.1 Å². The van der Waals surface area contributed by atoms with Crippen molar-refractivity contribution in [3.05, 3.63) is 87.4 Å². The highest BCUT2D eigenvalue weighted by Gasteiger charge is 2.30. The summed E-state index contributed by atoms with van der Waals surface area (Å²) in [6.45, 7) is 2.74. The number of hydrogen-bond donors (Lipinski definition) is 2. The van der Waals surface area contributed by atoms with Gasteiger partial charge >= 0.3 is 12.1 Å². The fraction of sp³-hybridized carbons (Fsp3) is 0.286. The van der Waals surface area contributed by atoms with Gasteiger partial charge in [-0.05, 0) is 39.9 Å². The molecule has 1 unspecified atom stereocenters. The highest BCUT2D eigenvalue weighted by atomic mass is 35.5. The number of morpholine rings is 1. The number of amides is 1. The van der Waals surface area contributed by atoms with Gasteiger partial charge in [-0.15, -0.1) is 0 Å². The molecule has 1 atom stereocenters. The van der Waals surface area contributed by atoms with E-state index in [1.807, 2.05) is 48.5 Å². The van der Waals surface area contributed by atoms with E-state index in [2.05, 4.69) is 10.2 Å². The van der Waals surface area contributed by atoms with Crippen molar-refractivity contribution in [2.45, 2.75) is 18.4 Å². The molecular weight excluding hydrogens is 515 g/mol. The van der Waals surface area contributed by atoms with E-state index in [0.29, 0.717) is 41.9 Å². The molecule has 2 aliphatic rings. The molecule has 1 heterocycles. The molecule has 3 aromatic rings. The summed E-state index contributed by atoms with van der Waals surface area (Å²) in [5, 5.41) is 12.9. The van der Waals surface area contributed by atoms with Gasteiger partial charge in [0.2, 0.25) is 0 Å². The van der Waals surface area contributed by atoms with Gasteiger partial charge in [-0.25, -0.2) is 9.59 Å². The number of carbonyl (C=O) groups is 2. The Balaban J connectivity index is 1.26. The van der Waals surface area contributed by atoms with Crippen molar-refractivity contribution in [2.24, 2.45) is 0 Å². The normalized spacial score (nSPS) is 15.6. The number of carbonyl (C=O) groups excluding carboxylic acids is 1. The number of carboxylic acids is 1. The number of rotatable bonds is 7. The minimum absolute atomic E-state index is 0.0828. The average molecular weight is 541 g/mol. The molecular formula is C28H26Cl2N2O5. The van der Waals surface area contributed by atoms with Crippen molar-refractivity contribution in [2.75, 3.05) is 37.8 Å². The molecule has 1 aliphatic carbocycles. The zero-order valence-electron chi connectivity index (χ0n) is 20.0. The number of nitrogens with one attached hydrogen (secondary N) is 1. The summed E-state index contributed by atoms with van der Waals surface area (Å²) < 4.78 is 10.9. The number of ether oxygens (including phenoxy) is 2. The van der Waals surface area contributed by atoms with Gasteiger partial charge in [0.25, 0.3) is 0 Å². The van der Waals surface area contributed by atoms with Crippen molar-refractivity contribution in [1.82, 2.24) is 5.32 Å². The number of halogens is 2. The summed E-state index contributed by atoms with van der Waals surface area (Å²) in [6, 6.07) is 18.3. The fourth-order valence-corrected chi connectivity index (χ4v) is 5.61. The largest absolute Gasteiger partial charge is 0.480 e. The lowest BCUT2D eigenvalue weighted by atomic mass is 9.98. The summed E-state index contributed by atoms with van der Waals surface area (Å²) in [7, 11) is 0. The first-order valence-corrected chi connectivity index (χ1v) is 12.8. The van der Waals surface area contributed by atoms with Gasteiger partial charge < -0.3 is 24.8 Å². The monoisotopic (exact) mass is 540 g/mol. The van der Waals surface area contributed by atoms with Crippen molar-refractivity contribution in [1.29, 1.82) is 0 Å². The zero-order valence-corrected chi connectivity index (χ0v) is 21.5. The lowest BCUT2D eigenvalue weighted by Gasteiger charge is -2.29. The molecule has 1 fully saturated rings. The highest BCUT2D eigenvalue weighted by molar-refractivity contribution is 6.36. The molecule has 9 heteroatoms. The fourth-order valence-electron chi connectivity index (χ4n) is 4.98. The topological polar surface area (TPSA) is 88.1 Å². The molecule has 1 aliphatic heterocycles. The van der Waals surface area contributed by atoms with Gasteiger partial charge in [-0.2, -0.15) is 0 Å². The number of alkyl carbamates (subject to hydrolysis) is 1. The van der Waals surface area contributed by atoms with Crippen molar-refractivity contribution in [3.63, 3.8) is 0 Å². The van der Waals surface area contributed by atoms with E-state index in [1.165, 1.54) is 0 Å².